The Morgan fingerprint density at radius 3 is 2.53 bits per heavy atom. The zero-order valence-electron chi connectivity index (χ0n) is 9.99. The van der Waals surface area contributed by atoms with Gasteiger partial charge in [0, 0.05) is 6.54 Å². The van der Waals surface area contributed by atoms with Gasteiger partial charge in [0.25, 0.3) is 0 Å². The summed E-state index contributed by atoms with van der Waals surface area (Å²) in [5.41, 5.74) is 0.405. The average Bonchev–Trinajstić information content (AvgIpc) is 2.58. The van der Waals surface area contributed by atoms with Crippen LogP contribution in [-0.4, -0.2) is 24.5 Å². The molecule has 0 aromatic carbocycles. The maximum atomic E-state index is 12.0. The topological polar surface area (TPSA) is 72.2 Å². The molecule has 1 aromatic heterocycles. The first-order valence-electron chi connectivity index (χ1n) is 5.47. The van der Waals surface area contributed by atoms with E-state index >= 15 is 0 Å². The molecule has 98 valence electrons. The van der Waals surface area contributed by atoms with Crippen LogP contribution in [0.3, 0.4) is 0 Å². The Labute approximate surface area is 116 Å². The number of aryl methyl sites for hydroxylation is 2. The number of nitrogens with zero attached hydrogens (tertiary/aromatic N) is 1. The van der Waals surface area contributed by atoms with Crippen molar-refractivity contribution in [1.29, 1.82) is 0 Å². The van der Waals surface area contributed by atoms with Gasteiger partial charge >= 0.3 is 0 Å². The molecule has 1 N–H and O–H groups in total. The minimum Gasteiger partial charge on any atom is -0.360 e. The summed E-state index contributed by atoms with van der Waals surface area (Å²) in [5, 5.41) is 3.64. The number of rotatable bonds is 7. The highest BCUT2D eigenvalue weighted by atomic mass is 127. The van der Waals surface area contributed by atoms with Crippen molar-refractivity contribution in [3.8, 4) is 0 Å². The minimum absolute atomic E-state index is 0.173. The third kappa shape index (κ3) is 4.22. The molecule has 1 aromatic rings. The van der Waals surface area contributed by atoms with E-state index in [0.29, 0.717) is 18.0 Å². The van der Waals surface area contributed by atoms with E-state index in [1.807, 2.05) is 0 Å². The van der Waals surface area contributed by atoms with E-state index in [-0.39, 0.29) is 4.90 Å². The second-order valence-electron chi connectivity index (χ2n) is 3.80. The van der Waals surface area contributed by atoms with Crippen LogP contribution in [0.5, 0.6) is 0 Å². The summed E-state index contributed by atoms with van der Waals surface area (Å²) in [6.07, 6.45) is 3.01. The molecule has 0 amide bonds. The molecular formula is C10H17IN2O3S. The minimum atomic E-state index is -3.47. The molecule has 0 saturated carbocycles. The van der Waals surface area contributed by atoms with E-state index < -0.39 is 10.0 Å². The maximum absolute atomic E-state index is 12.0. The molecule has 0 atom stereocenters. The molecule has 0 spiro atoms. The standard InChI is InChI=1S/C10H17IN2O3S/c1-8-10(9(2)16-13-8)17(14,15)12-7-5-3-4-6-11/h12H,3-7H2,1-2H3. The van der Waals surface area contributed by atoms with Crippen molar-refractivity contribution in [2.45, 2.75) is 38.0 Å². The first-order chi connectivity index (χ1) is 7.99. The van der Waals surface area contributed by atoms with Crippen molar-refractivity contribution in [2.24, 2.45) is 0 Å². The van der Waals surface area contributed by atoms with Crippen LogP contribution in [0.25, 0.3) is 0 Å². The van der Waals surface area contributed by atoms with Gasteiger partial charge in [0.15, 0.2) is 5.76 Å². The smallest absolute Gasteiger partial charge is 0.245 e. The van der Waals surface area contributed by atoms with Gasteiger partial charge in [-0.25, -0.2) is 13.1 Å². The molecule has 0 aliphatic carbocycles. The Kier molecular flexibility index (Phi) is 5.87. The van der Waals surface area contributed by atoms with Crippen LogP contribution in [0.2, 0.25) is 0 Å². The van der Waals surface area contributed by atoms with E-state index in [9.17, 15) is 8.42 Å². The molecule has 0 unspecified atom stereocenters. The lowest BCUT2D eigenvalue weighted by molar-refractivity contribution is 0.390. The second-order valence-corrected chi connectivity index (χ2v) is 6.58. The maximum Gasteiger partial charge on any atom is 0.245 e. The lowest BCUT2D eigenvalue weighted by atomic mass is 10.3. The summed E-state index contributed by atoms with van der Waals surface area (Å²) in [4.78, 5) is 0.173. The van der Waals surface area contributed by atoms with Gasteiger partial charge in [-0.15, -0.1) is 0 Å². The lowest BCUT2D eigenvalue weighted by Gasteiger charge is -2.05. The molecule has 0 fully saturated rings. The number of sulfonamides is 1. The Morgan fingerprint density at radius 2 is 2.00 bits per heavy atom. The first kappa shape index (κ1) is 14.9. The van der Waals surface area contributed by atoms with Gasteiger partial charge in [-0.2, -0.15) is 0 Å². The van der Waals surface area contributed by atoms with Crippen molar-refractivity contribution in [3.05, 3.63) is 11.5 Å². The average molecular weight is 372 g/mol. The summed E-state index contributed by atoms with van der Waals surface area (Å²) in [7, 11) is -3.47. The predicted molar refractivity (Wildman–Crippen MR) is 73.9 cm³/mol. The fraction of sp³-hybridized carbons (Fsp3) is 0.700. The van der Waals surface area contributed by atoms with Crippen molar-refractivity contribution in [3.63, 3.8) is 0 Å². The van der Waals surface area contributed by atoms with E-state index in [1.54, 1.807) is 13.8 Å². The van der Waals surface area contributed by atoms with Crippen molar-refractivity contribution >= 4 is 32.6 Å². The van der Waals surface area contributed by atoms with Gasteiger partial charge < -0.3 is 4.52 Å². The summed E-state index contributed by atoms with van der Waals surface area (Å²) in [6.45, 7) is 3.69. The van der Waals surface area contributed by atoms with Crippen LogP contribution < -0.4 is 4.72 Å². The van der Waals surface area contributed by atoms with Gasteiger partial charge in [-0.05, 0) is 31.1 Å². The monoisotopic (exact) mass is 372 g/mol. The van der Waals surface area contributed by atoms with Crippen LogP contribution in [0.15, 0.2) is 9.42 Å². The van der Waals surface area contributed by atoms with Gasteiger partial charge in [-0.1, -0.05) is 34.2 Å². The Hall–Kier alpha value is -0.150. The normalized spacial score (nSPS) is 11.9. The summed E-state index contributed by atoms with van der Waals surface area (Å²) in [5.74, 6) is 0.335. The van der Waals surface area contributed by atoms with Crippen LogP contribution in [0.4, 0.5) is 0 Å². The Bertz CT molecular complexity index is 437. The fourth-order valence-corrected chi connectivity index (χ4v) is 3.47. The van der Waals surface area contributed by atoms with E-state index in [2.05, 4.69) is 32.5 Å². The van der Waals surface area contributed by atoms with Crippen LogP contribution in [0.1, 0.15) is 30.7 Å². The highest BCUT2D eigenvalue weighted by Crippen LogP contribution is 2.18. The highest BCUT2D eigenvalue weighted by molar-refractivity contribution is 14.1. The molecule has 5 nitrogen and oxygen atoms in total. The van der Waals surface area contributed by atoms with Crippen LogP contribution >= 0.6 is 22.6 Å². The van der Waals surface area contributed by atoms with Crippen molar-refractivity contribution in [1.82, 2.24) is 9.88 Å². The fourth-order valence-electron chi connectivity index (χ4n) is 1.53. The number of alkyl halides is 1. The van der Waals surface area contributed by atoms with Gasteiger partial charge in [0.05, 0.1) is 0 Å². The predicted octanol–water partition coefficient (Wildman–Crippen LogP) is 2.18. The second kappa shape index (κ2) is 6.69. The quantitative estimate of drug-likeness (QED) is 0.452. The van der Waals surface area contributed by atoms with Crippen molar-refractivity contribution < 1.29 is 12.9 Å². The van der Waals surface area contributed by atoms with Gasteiger partial charge in [0.1, 0.15) is 10.6 Å². The Balaban J connectivity index is 2.58. The van der Waals surface area contributed by atoms with Crippen LogP contribution in [0, 0.1) is 13.8 Å². The number of halogens is 1. The summed E-state index contributed by atoms with van der Waals surface area (Å²) in [6, 6.07) is 0. The Morgan fingerprint density at radius 1 is 1.29 bits per heavy atom. The summed E-state index contributed by atoms with van der Waals surface area (Å²) < 4.78 is 32.4. The van der Waals surface area contributed by atoms with E-state index in [1.165, 1.54) is 0 Å². The molecule has 1 heterocycles. The third-order valence-electron chi connectivity index (χ3n) is 2.34. The molecule has 17 heavy (non-hydrogen) atoms. The third-order valence-corrected chi connectivity index (χ3v) is 4.81. The zero-order valence-corrected chi connectivity index (χ0v) is 13.0. The molecular weight excluding hydrogens is 355 g/mol. The molecule has 1 rings (SSSR count). The largest absolute Gasteiger partial charge is 0.360 e. The molecule has 0 bridgehead atoms. The zero-order chi connectivity index (χ0) is 12.9. The number of hydrogen-bond donors (Lipinski definition) is 1. The highest BCUT2D eigenvalue weighted by Gasteiger charge is 2.23. The van der Waals surface area contributed by atoms with Gasteiger partial charge in [-0.3, -0.25) is 0 Å². The van der Waals surface area contributed by atoms with E-state index in [4.69, 9.17) is 4.52 Å². The molecule has 0 radical (unpaired) electrons. The molecule has 7 heteroatoms. The molecule has 0 aliphatic rings. The molecule has 0 aliphatic heterocycles. The SMILES string of the molecule is Cc1noc(C)c1S(=O)(=O)NCCCCCI. The van der Waals surface area contributed by atoms with Crippen molar-refractivity contribution in [2.75, 3.05) is 11.0 Å². The number of aromatic nitrogens is 1. The lowest BCUT2D eigenvalue weighted by Crippen LogP contribution is -2.25. The number of nitrogens with one attached hydrogen (secondary N) is 1. The molecule has 0 saturated heterocycles. The first-order valence-corrected chi connectivity index (χ1v) is 8.48. The number of hydrogen-bond acceptors (Lipinski definition) is 4. The number of unbranched alkanes of at least 4 members (excludes halogenated alkanes) is 2. The summed E-state index contributed by atoms with van der Waals surface area (Å²) >= 11 is 2.31. The van der Waals surface area contributed by atoms with Crippen LogP contribution in [-0.2, 0) is 10.0 Å². The van der Waals surface area contributed by atoms with Gasteiger partial charge in [0.2, 0.25) is 10.0 Å². The van der Waals surface area contributed by atoms with E-state index in [0.717, 1.165) is 23.7 Å².